The molecule has 6 rings (SSSR count). The van der Waals surface area contributed by atoms with Gasteiger partial charge in [0.1, 0.15) is 17.5 Å². The number of nitrogens with zero attached hydrogens (tertiary/aromatic N) is 5. The molecule has 2 aliphatic heterocycles. The Morgan fingerprint density at radius 1 is 1.08 bits per heavy atom. The molecule has 190 valence electrons. The molecule has 0 bridgehead atoms. The third-order valence-electron chi connectivity index (χ3n) is 7.36. The molecule has 0 radical (unpaired) electrons. The third-order valence-corrected chi connectivity index (χ3v) is 7.96. The minimum Gasteiger partial charge on any atom is -0.486 e. The lowest BCUT2D eigenvalue weighted by Crippen LogP contribution is -2.41. The number of carbonyl (C=O) groups excluding carboxylic acids is 1. The molecule has 2 aliphatic rings. The summed E-state index contributed by atoms with van der Waals surface area (Å²) < 4.78 is 6.17. The first-order chi connectivity index (χ1) is 17.9. The van der Waals surface area contributed by atoms with Crippen molar-refractivity contribution in [3.8, 4) is 17.0 Å². The number of H-pyrrole nitrogens is 1. The smallest absolute Gasteiger partial charge is 0.225 e. The molecule has 1 atom stereocenters. The molecule has 3 aromatic heterocycles. The number of aromatic nitrogens is 5. The summed E-state index contributed by atoms with van der Waals surface area (Å²) in [6.07, 6.45) is 8.87. The zero-order valence-electron chi connectivity index (χ0n) is 20.2. The molecule has 1 aromatic carbocycles. The van der Waals surface area contributed by atoms with Gasteiger partial charge in [-0.15, -0.1) is 0 Å². The van der Waals surface area contributed by atoms with E-state index in [1.807, 2.05) is 25.1 Å². The Labute approximate surface area is 223 Å². The fraction of sp³-hybridized carbons (Fsp3) is 0.346. The highest BCUT2D eigenvalue weighted by molar-refractivity contribution is 6.35. The van der Waals surface area contributed by atoms with Crippen molar-refractivity contribution in [3.63, 3.8) is 0 Å². The highest BCUT2D eigenvalue weighted by Crippen LogP contribution is 2.38. The number of halogens is 2. The molecule has 0 aliphatic carbocycles. The minimum absolute atomic E-state index is 0.0901. The van der Waals surface area contributed by atoms with Gasteiger partial charge in [-0.2, -0.15) is 5.10 Å². The quantitative estimate of drug-likeness (QED) is 0.369. The zero-order valence-corrected chi connectivity index (χ0v) is 21.7. The molecule has 0 unspecified atom stereocenters. The van der Waals surface area contributed by atoms with Crippen LogP contribution in [0.4, 0.5) is 5.95 Å². The number of fused-ring (bicyclic) bond motifs is 1. The van der Waals surface area contributed by atoms with E-state index in [-0.39, 0.29) is 17.4 Å². The summed E-state index contributed by atoms with van der Waals surface area (Å²) in [6.45, 7) is 4.34. The van der Waals surface area contributed by atoms with Gasteiger partial charge in [0.25, 0.3) is 0 Å². The molecule has 5 heterocycles. The van der Waals surface area contributed by atoms with Gasteiger partial charge in [-0.3, -0.25) is 14.9 Å². The number of aromatic amines is 1. The van der Waals surface area contributed by atoms with E-state index < -0.39 is 0 Å². The van der Waals surface area contributed by atoms with E-state index in [0.29, 0.717) is 33.7 Å². The van der Waals surface area contributed by atoms with Crippen LogP contribution >= 0.6 is 23.2 Å². The Hall–Kier alpha value is -3.43. The molecule has 37 heavy (non-hydrogen) atoms. The summed E-state index contributed by atoms with van der Waals surface area (Å²) in [4.78, 5) is 27.2. The van der Waals surface area contributed by atoms with E-state index in [2.05, 4.69) is 35.4 Å². The van der Waals surface area contributed by atoms with E-state index >= 15 is 0 Å². The standard InChI is InChI=1S/C26H25Cl2N7O2/c1-15(23-19(27)12-29-13-20(23)28)37-17-2-3-21-18(8-17)24(34-33-21)16-10-30-25(31-11-16)35-6-4-26(5-7-35)9-22(36)32-14-26/h2-3,8,10-13,15H,4-7,9,14H2,1H3,(H,32,36)(H,33,34)/t15-/m1/s1. The van der Waals surface area contributed by atoms with E-state index in [0.717, 1.165) is 54.6 Å². The first-order valence-corrected chi connectivity index (χ1v) is 12.9. The van der Waals surface area contributed by atoms with Gasteiger partial charge < -0.3 is 15.0 Å². The van der Waals surface area contributed by atoms with Crippen LogP contribution in [0.2, 0.25) is 10.0 Å². The number of ether oxygens (including phenoxy) is 1. The van der Waals surface area contributed by atoms with Crippen molar-refractivity contribution in [1.29, 1.82) is 0 Å². The van der Waals surface area contributed by atoms with E-state index in [9.17, 15) is 4.79 Å². The molecule has 2 saturated heterocycles. The van der Waals surface area contributed by atoms with Crippen molar-refractivity contribution in [2.45, 2.75) is 32.3 Å². The Bertz CT molecular complexity index is 1450. The third kappa shape index (κ3) is 4.57. The van der Waals surface area contributed by atoms with Gasteiger partial charge in [0.05, 0.1) is 15.6 Å². The lowest BCUT2D eigenvalue weighted by Gasteiger charge is -2.38. The molecule has 0 saturated carbocycles. The lowest BCUT2D eigenvalue weighted by molar-refractivity contribution is -0.119. The summed E-state index contributed by atoms with van der Waals surface area (Å²) in [5.41, 5.74) is 3.20. The van der Waals surface area contributed by atoms with Gasteiger partial charge in [0.15, 0.2) is 0 Å². The molecule has 11 heteroatoms. The molecular formula is C26H25Cl2N7O2. The highest BCUT2D eigenvalue weighted by Gasteiger charge is 2.41. The SMILES string of the molecule is C[C@@H](Oc1ccc2[nH]nc(-c3cnc(N4CCC5(CC4)CNC(=O)C5)nc3)c2c1)c1c(Cl)cncc1Cl. The van der Waals surface area contributed by atoms with Crippen LogP contribution in [0.1, 0.15) is 37.9 Å². The fourth-order valence-electron chi connectivity index (χ4n) is 5.25. The summed E-state index contributed by atoms with van der Waals surface area (Å²) in [6, 6.07) is 5.73. The second kappa shape index (κ2) is 9.46. The van der Waals surface area contributed by atoms with E-state index in [1.165, 1.54) is 0 Å². The summed E-state index contributed by atoms with van der Waals surface area (Å²) in [7, 11) is 0. The monoisotopic (exact) mass is 537 g/mol. The Kier molecular flexibility index (Phi) is 6.12. The maximum absolute atomic E-state index is 11.7. The molecular weight excluding hydrogens is 513 g/mol. The van der Waals surface area contributed by atoms with Gasteiger partial charge in [0.2, 0.25) is 11.9 Å². The first kappa shape index (κ1) is 23.9. The van der Waals surface area contributed by atoms with Crippen LogP contribution in [-0.4, -0.2) is 50.7 Å². The predicted octanol–water partition coefficient (Wildman–Crippen LogP) is 4.97. The van der Waals surface area contributed by atoms with Crippen LogP contribution in [0.3, 0.4) is 0 Å². The van der Waals surface area contributed by atoms with Crippen molar-refractivity contribution >= 4 is 46.0 Å². The van der Waals surface area contributed by atoms with Crippen LogP contribution in [0.5, 0.6) is 5.75 Å². The van der Waals surface area contributed by atoms with Crippen LogP contribution in [0.15, 0.2) is 43.0 Å². The molecule has 2 N–H and O–H groups in total. The number of hydrogen-bond donors (Lipinski definition) is 2. The Morgan fingerprint density at radius 3 is 2.49 bits per heavy atom. The number of hydrogen-bond acceptors (Lipinski definition) is 7. The van der Waals surface area contributed by atoms with Crippen molar-refractivity contribution in [3.05, 3.63) is 58.6 Å². The number of carbonyl (C=O) groups is 1. The molecule has 9 nitrogen and oxygen atoms in total. The van der Waals surface area contributed by atoms with Crippen LogP contribution in [-0.2, 0) is 4.79 Å². The normalized spacial score (nSPS) is 17.8. The van der Waals surface area contributed by atoms with Crippen molar-refractivity contribution in [2.75, 3.05) is 24.5 Å². The van der Waals surface area contributed by atoms with Crippen LogP contribution < -0.4 is 15.0 Å². The topological polar surface area (TPSA) is 109 Å². The summed E-state index contributed by atoms with van der Waals surface area (Å²) in [5, 5.41) is 12.4. The number of nitrogens with one attached hydrogen (secondary N) is 2. The maximum Gasteiger partial charge on any atom is 0.225 e. The maximum atomic E-state index is 11.7. The second-order valence-electron chi connectivity index (χ2n) is 9.77. The largest absolute Gasteiger partial charge is 0.486 e. The number of rotatable bonds is 5. The van der Waals surface area contributed by atoms with Crippen molar-refractivity contribution < 1.29 is 9.53 Å². The first-order valence-electron chi connectivity index (χ1n) is 12.2. The van der Waals surface area contributed by atoms with Crippen molar-refractivity contribution in [2.24, 2.45) is 5.41 Å². The van der Waals surface area contributed by atoms with Gasteiger partial charge in [-0.1, -0.05) is 23.2 Å². The number of benzene rings is 1. The van der Waals surface area contributed by atoms with E-state index in [4.69, 9.17) is 27.9 Å². The fourth-order valence-corrected chi connectivity index (χ4v) is 5.92. The van der Waals surface area contributed by atoms with Gasteiger partial charge in [-0.25, -0.2) is 9.97 Å². The van der Waals surface area contributed by atoms with Crippen LogP contribution in [0, 0.1) is 5.41 Å². The van der Waals surface area contributed by atoms with Gasteiger partial charge >= 0.3 is 0 Å². The molecule has 4 aromatic rings. The summed E-state index contributed by atoms with van der Waals surface area (Å²) in [5.74, 6) is 1.51. The van der Waals surface area contributed by atoms with Crippen molar-refractivity contribution in [1.82, 2.24) is 30.5 Å². The average Bonchev–Trinajstić information content (AvgIpc) is 3.47. The molecule has 1 amide bonds. The second-order valence-corrected chi connectivity index (χ2v) is 10.6. The number of anilines is 1. The van der Waals surface area contributed by atoms with Gasteiger partial charge in [-0.05, 0) is 43.4 Å². The average molecular weight is 538 g/mol. The Balaban J connectivity index is 1.19. The molecule has 2 fully saturated rings. The number of pyridine rings is 1. The van der Waals surface area contributed by atoms with E-state index in [1.54, 1.807) is 24.8 Å². The highest BCUT2D eigenvalue weighted by atomic mass is 35.5. The van der Waals surface area contributed by atoms with Gasteiger partial charge in [0, 0.05) is 67.4 Å². The summed E-state index contributed by atoms with van der Waals surface area (Å²) >= 11 is 12.6. The Morgan fingerprint density at radius 2 is 1.81 bits per heavy atom. The van der Waals surface area contributed by atoms with Crippen LogP contribution in [0.25, 0.3) is 22.2 Å². The zero-order chi connectivity index (χ0) is 25.6. The lowest BCUT2D eigenvalue weighted by atomic mass is 9.78. The predicted molar refractivity (Wildman–Crippen MR) is 142 cm³/mol. The molecule has 1 spiro atoms. The number of amides is 1. The minimum atomic E-state index is -0.375. The number of piperidine rings is 1.